The van der Waals surface area contributed by atoms with E-state index < -0.39 is 0 Å². The number of allylic oxidation sites excluding steroid dienone is 2. The normalized spacial score (nSPS) is 28.4. The van der Waals surface area contributed by atoms with Crippen molar-refractivity contribution in [3.8, 4) is 0 Å². The van der Waals surface area contributed by atoms with Crippen molar-refractivity contribution in [2.75, 3.05) is 13.2 Å². The SMILES string of the molecule is CC(=N)C1C(=N)CCC=CC1=NC1CCOCC1. The van der Waals surface area contributed by atoms with Crippen LogP contribution in [0.25, 0.3) is 0 Å². The zero-order valence-electron chi connectivity index (χ0n) is 10.9. The first-order valence-electron chi connectivity index (χ1n) is 6.63. The number of nitrogens with one attached hydrogen (secondary N) is 2. The number of ether oxygens (including phenoxy) is 1. The number of hydrogen-bond donors (Lipinski definition) is 2. The Morgan fingerprint density at radius 1 is 1.39 bits per heavy atom. The van der Waals surface area contributed by atoms with Crippen LogP contribution in [0.4, 0.5) is 0 Å². The van der Waals surface area contributed by atoms with E-state index in [1.165, 1.54) is 0 Å². The van der Waals surface area contributed by atoms with Gasteiger partial charge in [0.1, 0.15) is 0 Å². The zero-order valence-corrected chi connectivity index (χ0v) is 10.9. The molecule has 0 amide bonds. The lowest BCUT2D eigenvalue weighted by Crippen LogP contribution is -2.30. The van der Waals surface area contributed by atoms with Crippen LogP contribution in [0.3, 0.4) is 0 Å². The average molecular weight is 247 g/mol. The fourth-order valence-electron chi connectivity index (χ4n) is 2.49. The highest BCUT2D eigenvalue weighted by molar-refractivity contribution is 6.25. The number of rotatable bonds is 2. The maximum Gasteiger partial charge on any atom is 0.0758 e. The van der Waals surface area contributed by atoms with Crippen LogP contribution in [0, 0.1) is 16.7 Å². The predicted octanol–water partition coefficient (Wildman–Crippen LogP) is 2.63. The van der Waals surface area contributed by atoms with E-state index in [9.17, 15) is 0 Å². The van der Waals surface area contributed by atoms with Gasteiger partial charge in [-0.3, -0.25) is 4.99 Å². The lowest BCUT2D eigenvalue weighted by molar-refractivity contribution is 0.0871. The van der Waals surface area contributed by atoms with Crippen molar-refractivity contribution in [2.45, 2.75) is 38.6 Å². The molecule has 1 saturated heterocycles. The summed E-state index contributed by atoms with van der Waals surface area (Å²) in [5.74, 6) is -0.202. The highest BCUT2D eigenvalue weighted by atomic mass is 16.5. The summed E-state index contributed by atoms with van der Waals surface area (Å²) in [6.45, 7) is 3.32. The number of hydrogen-bond acceptors (Lipinski definition) is 4. The van der Waals surface area contributed by atoms with E-state index in [0.717, 1.165) is 44.6 Å². The second kappa shape index (κ2) is 6.05. The molecule has 2 N–H and O–H groups in total. The molecule has 4 heteroatoms. The molecule has 1 fully saturated rings. The van der Waals surface area contributed by atoms with Gasteiger partial charge in [-0.05, 0) is 38.7 Å². The van der Waals surface area contributed by atoms with E-state index in [1.54, 1.807) is 6.92 Å². The Morgan fingerprint density at radius 2 is 2.11 bits per heavy atom. The Morgan fingerprint density at radius 3 is 2.78 bits per heavy atom. The lowest BCUT2D eigenvalue weighted by Gasteiger charge is -2.22. The van der Waals surface area contributed by atoms with Gasteiger partial charge in [0.25, 0.3) is 0 Å². The van der Waals surface area contributed by atoms with Gasteiger partial charge in [-0.25, -0.2) is 0 Å². The Labute approximate surface area is 108 Å². The molecule has 18 heavy (non-hydrogen) atoms. The van der Waals surface area contributed by atoms with Crippen LogP contribution >= 0.6 is 0 Å². The monoisotopic (exact) mass is 247 g/mol. The lowest BCUT2D eigenvalue weighted by atomic mass is 9.92. The van der Waals surface area contributed by atoms with Crippen molar-refractivity contribution in [3.05, 3.63) is 12.2 Å². The Hall–Kier alpha value is -1.29. The van der Waals surface area contributed by atoms with Crippen molar-refractivity contribution in [3.63, 3.8) is 0 Å². The second-order valence-electron chi connectivity index (χ2n) is 4.98. The second-order valence-corrected chi connectivity index (χ2v) is 4.98. The summed E-state index contributed by atoms with van der Waals surface area (Å²) in [6, 6.07) is 0.297. The zero-order chi connectivity index (χ0) is 13.0. The van der Waals surface area contributed by atoms with E-state index in [0.29, 0.717) is 17.5 Å². The van der Waals surface area contributed by atoms with Gasteiger partial charge in [-0.1, -0.05) is 6.08 Å². The molecule has 0 aromatic heterocycles. The molecule has 2 rings (SSSR count). The number of nitrogens with zero attached hydrogens (tertiary/aromatic N) is 1. The standard InChI is InChI=1S/C14H21N3O/c1-10(15)14-12(16)4-2-3-5-13(14)17-11-6-8-18-9-7-11/h3,5,11,14-16H,2,4,6-9H2,1H3. The molecule has 4 nitrogen and oxygen atoms in total. The molecular weight excluding hydrogens is 226 g/mol. The van der Waals surface area contributed by atoms with Gasteiger partial charge in [-0.2, -0.15) is 0 Å². The Bertz CT molecular complexity index is 392. The molecule has 1 atom stereocenters. The molecule has 1 aliphatic heterocycles. The highest BCUT2D eigenvalue weighted by Gasteiger charge is 2.24. The van der Waals surface area contributed by atoms with Crippen molar-refractivity contribution >= 4 is 17.1 Å². The van der Waals surface area contributed by atoms with Crippen molar-refractivity contribution in [1.29, 1.82) is 10.8 Å². The summed E-state index contributed by atoms with van der Waals surface area (Å²) in [4.78, 5) is 4.78. The maximum absolute atomic E-state index is 8.08. The van der Waals surface area contributed by atoms with Gasteiger partial charge in [0.05, 0.1) is 12.0 Å². The molecule has 0 saturated carbocycles. The molecule has 0 spiro atoms. The van der Waals surface area contributed by atoms with E-state index in [4.69, 9.17) is 20.5 Å². The van der Waals surface area contributed by atoms with Crippen LogP contribution in [0.15, 0.2) is 17.1 Å². The van der Waals surface area contributed by atoms with Gasteiger partial charge >= 0.3 is 0 Å². The van der Waals surface area contributed by atoms with Gasteiger partial charge in [0.15, 0.2) is 0 Å². The minimum Gasteiger partial charge on any atom is -0.381 e. The quantitative estimate of drug-likeness (QED) is 0.723. The third-order valence-electron chi connectivity index (χ3n) is 3.47. The topological polar surface area (TPSA) is 69.3 Å². The largest absolute Gasteiger partial charge is 0.381 e. The Kier molecular flexibility index (Phi) is 4.42. The molecule has 0 aromatic carbocycles. The highest BCUT2D eigenvalue weighted by Crippen LogP contribution is 2.18. The summed E-state index contributed by atoms with van der Waals surface area (Å²) < 4.78 is 5.34. The average Bonchev–Trinajstić information content (AvgIpc) is 2.52. The van der Waals surface area contributed by atoms with Gasteiger partial charge in [-0.15, -0.1) is 0 Å². The van der Waals surface area contributed by atoms with Crippen LogP contribution in [0.2, 0.25) is 0 Å². The first-order valence-corrected chi connectivity index (χ1v) is 6.63. The summed E-state index contributed by atoms with van der Waals surface area (Å²) in [6.07, 6.45) is 7.62. The fourth-order valence-corrected chi connectivity index (χ4v) is 2.49. The fraction of sp³-hybridized carbons (Fsp3) is 0.643. The summed E-state index contributed by atoms with van der Waals surface area (Å²) in [5.41, 5.74) is 2.05. The van der Waals surface area contributed by atoms with E-state index in [2.05, 4.69) is 6.08 Å². The van der Waals surface area contributed by atoms with Gasteiger partial charge in [0, 0.05) is 30.3 Å². The minimum absolute atomic E-state index is 0.202. The van der Waals surface area contributed by atoms with E-state index in [1.807, 2.05) is 6.08 Å². The third-order valence-corrected chi connectivity index (χ3v) is 3.47. The van der Waals surface area contributed by atoms with Crippen molar-refractivity contribution in [1.82, 2.24) is 0 Å². The molecule has 0 aromatic rings. The Balaban J connectivity index is 2.22. The molecule has 2 aliphatic rings. The molecule has 1 heterocycles. The third kappa shape index (κ3) is 3.13. The minimum atomic E-state index is -0.202. The molecule has 0 radical (unpaired) electrons. The molecule has 0 bridgehead atoms. The smallest absolute Gasteiger partial charge is 0.0758 e. The molecular formula is C14H21N3O. The van der Waals surface area contributed by atoms with Crippen LogP contribution < -0.4 is 0 Å². The van der Waals surface area contributed by atoms with Crippen molar-refractivity contribution in [2.24, 2.45) is 10.9 Å². The first kappa shape index (κ1) is 13.1. The van der Waals surface area contributed by atoms with Crippen LogP contribution in [0.5, 0.6) is 0 Å². The van der Waals surface area contributed by atoms with Gasteiger partial charge < -0.3 is 15.6 Å². The maximum atomic E-state index is 8.08. The summed E-state index contributed by atoms with van der Waals surface area (Å²) in [5, 5.41) is 16.0. The molecule has 1 unspecified atom stereocenters. The summed E-state index contributed by atoms with van der Waals surface area (Å²) in [7, 11) is 0. The van der Waals surface area contributed by atoms with Crippen LogP contribution in [-0.2, 0) is 4.74 Å². The van der Waals surface area contributed by atoms with Gasteiger partial charge in [0.2, 0.25) is 0 Å². The van der Waals surface area contributed by atoms with E-state index >= 15 is 0 Å². The molecule has 98 valence electrons. The van der Waals surface area contributed by atoms with Crippen LogP contribution in [0.1, 0.15) is 32.6 Å². The first-order chi connectivity index (χ1) is 8.68. The summed E-state index contributed by atoms with van der Waals surface area (Å²) >= 11 is 0. The van der Waals surface area contributed by atoms with Crippen molar-refractivity contribution < 1.29 is 4.74 Å². The number of aliphatic imine (C=N–C) groups is 1. The predicted molar refractivity (Wildman–Crippen MR) is 74.3 cm³/mol. The molecule has 1 aliphatic carbocycles. The van der Waals surface area contributed by atoms with E-state index in [-0.39, 0.29) is 5.92 Å². The van der Waals surface area contributed by atoms with Crippen LogP contribution in [-0.4, -0.2) is 36.4 Å².